The van der Waals surface area contributed by atoms with E-state index in [1.54, 1.807) is 31.3 Å². The first kappa shape index (κ1) is 24.9. The average Bonchev–Trinajstić information content (AvgIpc) is 3.35. The lowest BCUT2D eigenvalue weighted by atomic mass is 9.49. The maximum absolute atomic E-state index is 13.8. The molecule has 8 heteroatoms. The number of methoxy groups -OCH3 is 2. The highest BCUT2D eigenvalue weighted by Crippen LogP contribution is 2.60. The molecule has 2 unspecified atom stereocenters. The Bertz CT molecular complexity index is 988. The van der Waals surface area contributed by atoms with E-state index in [4.69, 9.17) is 14.2 Å². The summed E-state index contributed by atoms with van der Waals surface area (Å²) in [4.78, 5) is 41.2. The molecule has 1 N–H and O–H groups in total. The number of nitrogens with zero attached hydrogens (tertiary/aromatic N) is 1. The van der Waals surface area contributed by atoms with Crippen LogP contribution >= 0.6 is 0 Å². The number of nitrogens with one attached hydrogen (secondary N) is 1. The van der Waals surface area contributed by atoms with Crippen LogP contribution in [0.25, 0.3) is 0 Å². The molecule has 36 heavy (non-hydrogen) atoms. The van der Waals surface area contributed by atoms with Crippen molar-refractivity contribution >= 4 is 17.8 Å². The summed E-state index contributed by atoms with van der Waals surface area (Å²) in [6.07, 6.45) is 8.12. The van der Waals surface area contributed by atoms with E-state index in [1.807, 2.05) is 13.0 Å². The Labute approximate surface area is 213 Å². The highest BCUT2D eigenvalue weighted by atomic mass is 16.5. The van der Waals surface area contributed by atoms with E-state index in [2.05, 4.69) is 5.32 Å². The lowest BCUT2D eigenvalue weighted by molar-refractivity contribution is -0.166. The van der Waals surface area contributed by atoms with Gasteiger partial charge in [-0.25, -0.2) is 4.79 Å². The number of likely N-dealkylation sites (tertiary alicyclic amines) is 1. The van der Waals surface area contributed by atoms with Crippen molar-refractivity contribution in [1.29, 1.82) is 0 Å². The molecule has 8 nitrogen and oxygen atoms in total. The van der Waals surface area contributed by atoms with Crippen molar-refractivity contribution in [3.05, 3.63) is 23.8 Å². The second kappa shape index (κ2) is 9.94. The lowest BCUT2D eigenvalue weighted by Gasteiger charge is -2.56. The summed E-state index contributed by atoms with van der Waals surface area (Å²) < 4.78 is 16.1. The van der Waals surface area contributed by atoms with Crippen LogP contribution in [0.1, 0.15) is 69.9 Å². The summed E-state index contributed by atoms with van der Waals surface area (Å²) in [5.74, 6) is 2.56. The van der Waals surface area contributed by atoms with Crippen LogP contribution in [0.15, 0.2) is 18.2 Å². The molecule has 4 saturated carbocycles. The van der Waals surface area contributed by atoms with Gasteiger partial charge in [0.2, 0.25) is 5.91 Å². The lowest BCUT2D eigenvalue weighted by Crippen LogP contribution is -2.56. The summed E-state index contributed by atoms with van der Waals surface area (Å²) in [5, 5.41) is 2.86. The number of esters is 1. The Morgan fingerprint density at radius 1 is 1.06 bits per heavy atom. The molecule has 196 valence electrons. The zero-order chi connectivity index (χ0) is 25.4. The molecule has 1 aromatic rings. The van der Waals surface area contributed by atoms with Crippen LogP contribution in [0, 0.1) is 23.2 Å². The van der Waals surface area contributed by atoms with Gasteiger partial charge in [0, 0.05) is 12.1 Å². The van der Waals surface area contributed by atoms with Crippen LogP contribution in [0.4, 0.5) is 0 Å². The third kappa shape index (κ3) is 4.66. The number of carbonyl (C=O) groups is 3. The minimum atomic E-state index is -0.589. The monoisotopic (exact) mass is 498 g/mol. The second-order valence-corrected chi connectivity index (χ2v) is 11.4. The fourth-order valence-corrected chi connectivity index (χ4v) is 7.70. The topological polar surface area (TPSA) is 94.2 Å². The van der Waals surface area contributed by atoms with Crippen LogP contribution in [0.2, 0.25) is 0 Å². The molecular formula is C28H38N2O6. The molecule has 0 spiro atoms. The van der Waals surface area contributed by atoms with Crippen LogP contribution in [0.5, 0.6) is 11.5 Å². The third-order valence-electron chi connectivity index (χ3n) is 8.90. The van der Waals surface area contributed by atoms with Crippen molar-refractivity contribution in [2.75, 3.05) is 27.4 Å². The third-order valence-corrected chi connectivity index (χ3v) is 8.90. The summed E-state index contributed by atoms with van der Waals surface area (Å²) in [6.45, 7) is 2.05. The molecule has 4 bridgehead atoms. The van der Waals surface area contributed by atoms with E-state index in [0.29, 0.717) is 42.2 Å². The molecule has 4 aliphatic carbocycles. The number of rotatable bonds is 8. The Morgan fingerprint density at radius 2 is 1.72 bits per heavy atom. The van der Waals surface area contributed by atoms with E-state index < -0.39 is 17.9 Å². The molecule has 6 rings (SSSR count). The normalized spacial score (nSPS) is 31.1. The molecule has 1 aromatic carbocycles. The number of carbonyl (C=O) groups excluding carboxylic acids is 3. The first-order chi connectivity index (χ1) is 17.3. The number of hydrogen-bond donors (Lipinski definition) is 1. The first-order valence-electron chi connectivity index (χ1n) is 13.3. The standard InChI is InChI=1S/C28H38N2O6/c1-17(22-12-21(34-2)6-7-24(22)35-3)29-25(31)16-36-26(32)23-5-4-8-30(23)27(33)28-13-18-9-19(14-28)11-20(10-18)15-28/h6-7,12,17-20,23H,4-5,8-11,13-16H2,1-3H3,(H,29,31). The highest BCUT2D eigenvalue weighted by molar-refractivity contribution is 5.90. The van der Waals surface area contributed by atoms with Gasteiger partial charge in [0.1, 0.15) is 17.5 Å². The van der Waals surface area contributed by atoms with Gasteiger partial charge in [-0.1, -0.05) is 0 Å². The molecule has 0 radical (unpaired) electrons. The van der Waals surface area contributed by atoms with E-state index in [9.17, 15) is 14.4 Å². The molecule has 1 saturated heterocycles. The molecule has 5 fully saturated rings. The van der Waals surface area contributed by atoms with Gasteiger partial charge in [0.25, 0.3) is 5.91 Å². The molecule has 1 aliphatic heterocycles. The van der Waals surface area contributed by atoms with Crippen LogP contribution in [0.3, 0.4) is 0 Å². The van der Waals surface area contributed by atoms with Gasteiger partial charge in [0.15, 0.2) is 6.61 Å². The van der Waals surface area contributed by atoms with E-state index in [-0.39, 0.29) is 24.0 Å². The maximum atomic E-state index is 13.8. The van der Waals surface area contributed by atoms with Crippen molar-refractivity contribution in [2.45, 2.75) is 70.4 Å². The molecule has 2 amide bonds. The van der Waals surface area contributed by atoms with Crippen LogP contribution in [-0.4, -0.2) is 56.1 Å². The number of hydrogen-bond acceptors (Lipinski definition) is 6. The van der Waals surface area contributed by atoms with Gasteiger partial charge in [-0.2, -0.15) is 0 Å². The zero-order valence-corrected chi connectivity index (χ0v) is 21.6. The predicted molar refractivity (Wildman–Crippen MR) is 132 cm³/mol. The van der Waals surface area contributed by atoms with E-state index in [0.717, 1.165) is 31.2 Å². The fraction of sp³-hybridized carbons (Fsp3) is 0.679. The highest BCUT2D eigenvalue weighted by Gasteiger charge is 2.57. The minimum Gasteiger partial charge on any atom is -0.497 e. The van der Waals surface area contributed by atoms with Crippen LogP contribution in [-0.2, 0) is 19.1 Å². The van der Waals surface area contributed by atoms with Gasteiger partial charge >= 0.3 is 5.97 Å². The average molecular weight is 499 g/mol. The summed E-state index contributed by atoms with van der Waals surface area (Å²) in [5.41, 5.74) is 0.486. The van der Waals surface area contributed by atoms with Gasteiger partial charge in [-0.15, -0.1) is 0 Å². The van der Waals surface area contributed by atoms with Gasteiger partial charge in [-0.3, -0.25) is 9.59 Å². The maximum Gasteiger partial charge on any atom is 0.329 e. The smallest absolute Gasteiger partial charge is 0.329 e. The molecular weight excluding hydrogens is 460 g/mol. The number of amides is 2. The van der Waals surface area contributed by atoms with Crippen molar-refractivity contribution in [3.8, 4) is 11.5 Å². The second-order valence-electron chi connectivity index (χ2n) is 11.4. The predicted octanol–water partition coefficient (Wildman–Crippen LogP) is 3.63. The molecule has 5 aliphatic rings. The number of benzene rings is 1. The zero-order valence-electron chi connectivity index (χ0n) is 21.6. The largest absolute Gasteiger partial charge is 0.497 e. The van der Waals surface area contributed by atoms with Crippen LogP contribution < -0.4 is 14.8 Å². The fourth-order valence-electron chi connectivity index (χ4n) is 7.70. The first-order valence-corrected chi connectivity index (χ1v) is 13.3. The van der Waals surface area contributed by atoms with Crippen molar-refractivity contribution in [3.63, 3.8) is 0 Å². The Hall–Kier alpha value is -2.77. The van der Waals surface area contributed by atoms with Gasteiger partial charge in [0.05, 0.1) is 25.7 Å². The summed E-state index contributed by atoms with van der Waals surface area (Å²) in [6, 6.07) is 4.42. The summed E-state index contributed by atoms with van der Waals surface area (Å²) in [7, 11) is 3.15. The Balaban J connectivity index is 1.17. The van der Waals surface area contributed by atoms with Crippen molar-refractivity contribution in [2.24, 2.45) is 23.2 Å². The SMILES string of the molecule is COc1ccc(OC)c(C(C)NC(=O)COC(=O)C2CCCN2C(=O)C23CC4CC(CC(C4)C2)C3)c1. The minimum absolute atomic E-state index is 0.157. The molecule has 2 atom stereocenters. The van der Waals surface area contributed by atoms with Gasteiger partial charge < -0.3 is 24.4 Å². The van der Waals surface area contributed by atoms with Crippen molar-refractivity contribution in [1.82, 2.24) is 10.2 Å². The Morgan fingerprint density at radius 3 is 2.33 bits per heavy atom. The number of ether oxygens (including phenoxy) is 3. The van der Waals surface area contributed by atoms with Crippen molar-refractivity contribution < 1.29 is 28.6 Å². The van der Waals surface area contributed by atoms with E-state index >= 15 is 0 Å². The van der Waals surface area contributed by atoms with E-state index in [1.165, 1.54) is 19.3 Å². The Kier molecular flexibility index (Phi) is 6.88. The molecule has 1 heterocycles. The summed E-state index contributed by atoms with van der Waals surface area (Å²) >= 11 is 0. The molecule has 0 aromatic heterocycles. The van der Waals surface area contributed by atoms with Gasteiger partial charge in [-0.05, 0) is 94.2 Å². The quantitative estimate of drug-likeness (QED) is 0.550.